The lowest BCUT2D eigenvalue weighted by molar-refractivity contribution is -0.393. The minimum atomic E-state index is -0.801. The molecule has 0 aliphatic carbocycles. The molecule has 0 spiro atoms. The van der Waals surface area contributed by atoms with Crippen LogP contribution >= 0.6 is 24.0 Å². The van der Waals surface area contributed by atoms with Crippen molar-refractivity contribution in [3.8, 4) is 11.8 Å². The van der Waals surface area contributed by atoms with Gasteiger partial charge < -0.3 is 51.2 Å². The van der Waals surface area contributed by atoms with Gasteiger partial charge in [0, 0.05) is 60.3 Å². The molecule has 0 amide bonds. The highest BCUT2D eigenvalue weighted by molar-refractivity contribution is 6.33. The molecule has 8 rings (SSSR count). The summed E-state index contributed by atoms with van der Waals surface area (Å²) in [5, 5.41) is 81.5. The smallest absolute Gasteiger partial charge is 0.299 e. The van der Waals surface area contributed by atoms with Gasteiger partial charge in [-0.05, 0) is 126 Å². The number of anilines is 9. The Balaban J connectivity index is 0.000000247. The summed E-state index contributed by atoms with van der Waals surface area (Å²) < 4.78 is 13.9. The molecule has 7 N–H and O–H groups in total. The summed E-state index contributed by atoms with van der Waals surface area (Å²) in [4.78, 5) is 47.8. The predicted molar refractivity (Wildman–Crippen MR) is 311 cm³/mol. The number of pyridine rings is 2. The Bertz CT molecular complexity index is 3420. The van der Waals surface area contributed by atoms with E-state index in [1.165, 1.54) is 20.8 Å². The lowest BCUT2D eigenvalue weighted by Crippen LogP contribution is -2.30. The van der Waals surface area contributed by atoms with Crippen LogP contribution in [0.2, 0.25) is 5.02 Å². The van der Waals surface area contributed by atoms with Crippen molar-refractivity contribution in [2.45, 2.75) is 53.6 Å². The number of benzene rings is 4. The van der Waals surface area contributed by atoms with E-state index in [0.717, 1.165) is 42.7 Å². The van der Waals surface area contributed by atoms with Crippen LogP contribution < -0.4 is 41.0 Å². The minimum Gasteiger partial charge on any atom is -0.473 e. The van der Waals surface area contributed by atoms with Gasteiger partial charge in [-0.2, -0.15) is 0 Å². The number of nitrogens with zero attached hydrogens (tertiary/aromatic N) is 10. The number of nitrogen functional groups attached to an aromatic ring is 1. The van der Waals surface area contributed by atoms with E-state index < -0.39 is 42.4 Å². The van der Waals surface area contributed by atoms with Gasteiger partial charge in [-0.1, -0.05) is 23.7 Å². The van der Waals surface area contributed by atoms with Crippen LogP contribution in [0, 0.1) is 40.5 Å². The average Bonchev–Trinajstić information content (AvgIpc) is 4.06. The highest BCUT2D eigenvalue weighted by Gasteiger charge is 2.28. The summed E-state index contributed by atoms with van der Waals surface area (Å²) in [6.07, 6.45) is 3.32. The Morgan fingerprint density at radius 3 is 1.36 bits per heavy atom. The van der Waals surface area contributed by atoms with E-state index in [0.29, 0.717) is 34.5 Å². The first-order valence-corrected chi connectivity index (χ1v) is 25.0. The van der Waals surface area contributed by atoms with Gasteiger partial charge in [0.1, 0.15) is 46.7 Å². The second kappa shape index (κ2) is 28.4. The molecule has 0 bridgehead atoms. The van der Waals surface area contributed by atoms with E-state index in [9.17, 15) is 45.6 Å². The summed E-state index contributed by atoms with van der Waals surface area (Å²) in [6, 6.07) is 30.8. The number of ether oxygens (including phenoxy) is 2. The van der Waals surface area contributed by atoms with E-state index in [2.05, 4.69) is 89.6 Å². The summed E-state index contributed by atoms with van der Waals surface area (Å²) in [6.45, 7) is 14.0. The van der Waals surface area contributed by atoms with Crippen LogP contribution in [0.3, 0.4) is 0 Å². The van der Waals surface area contributed by atoms with E-state index in [-0.39, 0.29) is 78.4 Å². The highest BCUT2D eigenvalue weighted by Crippen LogP contribution is 2.43. The number of halogens is 2. The topological polar surface area (TPSA) is 335 Å². The number of fused-ring (bicyclic) bond motifs is 2. The Kier molecular flexibility index (Phi) is 21.9. The minimum absolute atomic E-state index is 0. The number of nitro groups is 4. The molecular weight excluding hydrogens is 1080 g/mol. The quantitative estimate of drug-likeness (QED) is 0.0209. The SMILES string of the molecule is CCN(c1ccc(N)cc1)C(C)C.CCN(c1ccc(Nc2cc(Nc3c(OCCO)nn4ccccc34)c([N+](=O)[O-])cc2[N+](=O)[O-])cc1)C(C)C.Cl.O=[N+]([O-])c1cc([N+](=O)[O-])c(Nc2c(OCCO)nn3ccccc23)cc1Cl. The molecule has 0 saturated carbocycles. The molecule has 28 heteroatoms. The molecule has 0 aliphatic rings. The van der Waals surface area contributed by atoms with E-state index >= 15 is 0 Å². The number of hydrogen-bond donors (Lipinski definition) is 6. The van der Waals surface area contributed by atoms with E-state index in [1.807, 2.05) is 24.3 Å². The van der Waals surface area contributed by atoms with Crippen molar-refractivity contribution in [1.29, 1.82) is 0 Å². The van der Waals surface area contributed by atoms with Crippen molar-refractivity contribution in [3.05, 3.63) is 167 Å². The molecule has 4 aromatic carbocycles. The first kappa shape index (κ1) is 61.6. The van der Waals surface area contributed by atoms with Crippen LogP contribution in [-0.2, 0) is 0 Å². The molecule has 0 fully saturated rings. The standard InChI is InChI=1S/C26H29N7O6.C15H12ClN5O6.C11H18N2.ClH/c1-4-30(17(2)3)19-10-8-18(9-11-19)27-20-15-21(24(33(37)38)16-23(20)32(35)36)28-25-22-7-5-6-12-31(22)29-26(25)39-14-13-34;16-9-7-10(13(21(25)26)8-12(9)20(23)24)17-14-11-3-1-2-4-19(11)18-15(14)27-6-5-22;1-4-13(9(2)3)11-7-5-10(12)6-8-11;/h5-12,15-17,27-28,34H,4,13-14H2,1-3H3;1-4,7-8,17,22H,5-6H2;5-9H,4,12H2,1-3H3;1H. The predicted octanol–water partition coefficient (Wildman–Crippen LogP) is 11.1. The molecule has 0 radical (unpaired) electrons. The van der Waals surface area contributed by atoms with Crippen molar-refractivity contribution < 1.29 is 39.4 Å². The van der Waals surface area contributed by atoms with Gasteiger partial charge in [-0.25, -0.2) is 9.03 Å². The van der Waals surface area contributed by atoms with Gasteiger partial charge in [0.25, 0.3) is 34.5 Å². The molecule has 4 heterocycles. The first-order chi connectivity index (χ1) is 37.8. The fraction of sp³-hybridized carbons (Fsp3) is 0.269. The maximum absolute atomic E-state index is 11.9. The van der Waals surface area contributed by atoms with Crippen molar-refractivity contribution >= 4 is 109 Å². The molecule has 80 heavy (non-hydrogen) atoms. The third kappa shape index (κ3) is 15.1. The zero-order valence-electron chi connectivity index (χ0n) is 44.3. The fourth-order valence-electron chi connectivity index (χ4n) is 8.22. The van der Waals surface area contributed by atoms with E-state index in [4.69, 9.17) is 31.9 Å². The second-order valence-corrected chi connectivity index (χ2v) is 18.0. The molecule has 4 aromatic heterocycles. The Hall–Kier alpha value is -9.24. The van der Waals surface area contributed by atoms with Gasteiger partial charge in [-0.3, -0.25) is 40.5 Å². The van der Waals surface area contributed by atoms with Crippen LogP contribution in [0.4, 0.5) is 73.9 Å². The number of nitrogens with two attached hydrogens (primary N) is 1. The van der Waals surface area contributed by atoms with Crippen molar-refractivity contribution in [1.82, 2.24) is 19.2 Å². The van der Waals surface area contributed by atoms with Gasteiger partial charge >= 0.3 is 0 Å². The van der Waals surface area contributed by atoms with Crippen LogP contribution in [0.25, 0.3) is 11.0 Å². The molecule has 0 atom stereocenters. The lowest BCUT2D eigenvalue weighted by atomic mass is 10.1. The molecule has 26 nitrogen and oxygen atoms in total. The molecular formula is C52H60Cl2N14O12. The zero-order valence-corrected chi connectivity index (χ0v) is 45.8. The number of rotatable bonds is 22. The average molecular weight is 1140 g/mol. The maximum atomic E-state index is 11.9. The number of aromatic nitrogens is 4. The maximum Gasteiger partial charge on any atom is 0.299 e. The third-order valence-electron chi connectivity index (χ3n) is 11.8. The molecule has 0 aliphatic heterocycles. The van der Waals surface area contributed by atoms with Crippen molar-refractivity contribution in [2.75, 3.05) is 71.0 Å². The van der Waals surface area contributed by atoms with Crippen LogP contribution in [0.15, 0.2) is 122 Å². The van der Waals surface area contributed by atoms with Gasteiger partial charge in [0.05, 0.1) is 56.1 Å². The number of nitrogens with one attached hydrogen (secondary N) is 3. The number of nitro benzene ring substituents is 4. The normalized spacial score (nSPS) is 10.7. The lowest BCUT2D eigenvalue weighted by Gasteiger charge is -2.27. The van der Waals surface area contributed by atoms with Crippen LogP contribution in [0.5, 0.6) is 11.8 Å². The monoisotopic (exact) mass is 1140 g/mol. The van der Waals surface area contributed by atoms with Crippen molar-refractivity contribution in [3.63, 3.8) is 0 Å². The Morgan fingerprint density at radius 1 is 0.588 bits per heavy atom. The zero-order chi connectivity index (χ0) is 57.5. The van der Waals surface area contributed by atoms with Crippen LogP contribution in [-0.4, -0.2) is 101 Å². The van der Waals surface area contributed by atoms with Gasteiger partial charge in [0.15, 0.2) is 0 Å². The van der Waals surface area contributed by atoms with Gasteiger partial charge in [0.2, 0.25) is 0 Å². The summed E-state index contributed by atoms with van der Waals surface area (Å²) in [5.74, 6) is 0.206. The van der Waals surface area contributed by atoms with Gasteiger partial charge in [-0.15, -0.1) is 22.6 Å². The summed E-state index contributed by atoms with van der Waals surface area (Å²) in [7, 11) is 0. The summed E-state index contributed by atoms with van der Waals surface area (Å²) in [5.41, 5.74) is 8.88. The molecule has 0 unspecified atom stereocenters. The van der Waals surface area contributed by atoms with Crippen molar-refractivity contribution in [2.24, 2.45) is 0 Å². The highest BCUT2D eigenvalue weighted by atomic mass is 35.5. The first-order valence-electron chi connectivity index (χ1n) is 24.6. The largest absolute Gasteiger partial charge is 0.473 e. The van der Waals surface area contributed by atoms with E-state index in [1.54, 1.807) is 60.9 Å². The number of aliphatic hydroxyl groups excluding tert-OH is 2. The Labute approximate surface area is 469 Å². The fourth-order valence-corrected chi connectivity index (χ4v) is 8.45. The summed E-state index contributed by atoms with van der Waals surface area (Å²) >= 11 is 5.89. The Morgan fingerprint density at radius 2 is 0.975 bits per heavy atom. The molecule has 0 saturated heterocycles. The van der Waals surface area contributed by atoms with Crippen LogP contribution in [0.1, 0.15) is 41.5 Å². The number of hydrogen-bond acceptors (Lipinski definition) is 20. The third-order valence-corrected chi connectivity index (χ3v) is 12.1. The molecule has 8 aromatic rings. The second-order valence-electron chi connectivity index (χ2n) is 17.6. The number of aliphatic hydroxyl groups is 2. The molecule has 424 valence electrons.